The molecule has 2 aromatic carbocycles. The van der Waals surface area contributed by atoms with Gasteiger partial charge in [0.05, 0.1) is 5.69 Å². The van der Waals surface area contributed by atoms with Crippen LogP contribution in [0.3, 0.4) is 0 Å². The average Bonchev–Trinajstić information content (AvgIpc) is 2.39. The molecule has 4 heteroatoms. The van der Waals surface area contributed by atoms with Gasteiger partial charge in [-0.1, -0.05) is 18.2 Å². The second-order valence-corrected chi connectivity index (χ2v) is 3.88. The van der Waals surface area contributed by atoms with Crippen LogP contribution in [-0.4, -0.2) is 5.91 Å². The molecule has 0 atom stereocenters. The van der Waals surface area contributed by atoms with E-state index in [1.807, 2.05) is 18.2 Å². The van der Waals surface area contributed by atoms with E-state index in [0.29, 0.717) is 16.9 Å². The van der Waals surface area contributed by atoms with Gasteiger partial charge in [0.1, 0.15) is 0 Å². The number of anilines is 2. The first kappa shape index (κ1) is 11.5. The molecule has 17 heavy (non-hydrogen) atoms. The van der Waals surface area contributed by atoms with Gasteiger partial charge in [0.25, 0.3) is 5.91 Å². The second-order valence-electron chi connectivity index (χ2n) is 3.54. The van der Waals surface area contributed by atoms with Gasteiger partial charge in [-0.3, -0.25) is 4.79 Å². The van der Waals surface area contributed by atoms with Crippen LogP contribution >= 0.6 is 11.8 Å². The quantitative estimate of drug-likeness (QED) is 0.654. The highest BCUT2D eigenvalue weighted by Crippen LogP contribution is 2.19. The van der Waals surface area contributed by atoms with Crippen LogP contribution in [0.2, 0.25) is 0 Å². The third kappa shape index (κ3) is 2.57. The zero-order chi connectivity index (χ0) is 12.3. The van der Waals surface area contributed by atoms with E-state index in [1.54, 1.807) is 36.4 Å². The summed E-state index contributed by atoms with van der Waals surface area (Å²) >= 11 is 5.98. The smallest absolute Gasteiger partial charge is 0.272 e. The van der Waals surface area contributed by atoms with Gasteiger partial charge in [-0.25, -0.2) is 4.42 Å². The first-order valence-electron chi connectivity index (χ1n) is 5.09. The van der Waals surface area contributed by atoms with Gasteiger partial charge in [0, 0.05) is 23.0 Å². The van der Waals surface area contributed by atoms with Crippen LogP contribution in [-0.2, 0) is 0 Å². The molecule has 2 rings (SSSR count). The number of benzene rings is 2. The third-order valence-electron chi connectivity index (χ3n) is 2.32. The largest absolute Gasteiger partial charge is 0.399 e. The molecule has 0 aromatic heterocycles. The molecule has 2 N–H and O–H groups in total. The predicted octanol–water partition coefficient (Wildman–Crippen LogP) is 3.07. The van der Waals surface area contributed by atoms with E-state index in [2.05, 4.69) is 0 Å². The minimum atomic E-state index is -0.280. The number of nitrogens with two attached hydrogens (primary N) is 1. The van der Waals surface area contributed by atoms with E-state index in [4.69, 9.17) is 17.5 Å². The highest BCUT2D eigenvalue weighted by atomic mass is 35.5. The van der Waals surface area contributed by atoms with Crippen LogP contribution in [0, 0.1) is 0 Å². The number of hydrogen-bond acceptors (Lipinski definition) is 2. The number of hydrogen-bond donors (Lipinski definition) is 1. The fourth-order valence-electron chi connectivity index (χ4n) is 1.42. The summed E-state index contributed by atoms with van der Waals surface area (Å²) in [7, 11) is 0. The van der Waals surface area contributed by atoms with Crippen molar-refractivity contribution < 1.29 is 4.79 Å². The van der Waals surface area contributed by atoms with E-state index in [0.717, 1.165) is 4.42 Å². The zero-order valence-electron chi connectivity index (χ0n) is 9.01. The number of nitrogens with zero attached hydrogens (tertiary/aromatic N) is 1. The Hall–Kier alpha value is -2.00. The Labute approximate surface area is 105 Å². The predicted molar refractivity (Wildman–Crippen MR) is 70.0 cm³/mol. The number of halogens is 1. The lowest BCUT2D eigenvalue weighted by Gasteiger charge is -2.13. The van der Waals surface area contributed by atoms with E-state index in [1.165, 1.54) is 0 Å². The van der Waals surface area contributed by atoms with Crippen LogP contribution in [0.1, 0.15) is 10.4 Å². The Kier molecular flexibility index (Phi) is 3.30. The van der Waals surface area contributed by atoms with Crippen molar-refractivity contribution in [2.75, 3.05) is 10.2 Å². The highest BCUT2D eigenvalue weighted by molar-refractivity contribution is 6.39. The number of amides is 1. The maximum Gasteiger partial charge on any atom is 0.272 e. The first-order chi connectivity index (χ1) is 8.18. The normalized spacial score (nSPS) is 9.94. The van der Waals surface area contributed by atoms with Crippen LogP contribution in [0.15, 0.2) is 54.6 Å². The Morgan fingerprint density at radius 1 is 1.00 bits per heavy atom. The summed E-state index contributed by atoms with van der Waals surface area (Å²) in [6, 6.07) is 15.7. The standard InChI is InChI=1S/C13H11ClN2O/c14-16(12-4-2-1-3-5-12)13(17)10-6-8-11(15)9-7-10/h1-9H,15H2. The van der Waals surface area contributed by atoms with Crippen molar-refractivity contribution in [3.05, 3.63) is 60.2 Å². The molecule has 0 aliphatic rings. The topological polar surface area (TPSA) is 46.3 Å². The number of carbonyl (C=O) groups is 1. The van der Waals surface area contributed by atoms with Gasteiger partial charge in [-0.2, -0.15) is 0 Å². The van der Waals surface area contributed by atoms with Crippen molar-refractivity contribution in [3.63, 3.8) is 0 Å². The molecule has 0 saturated heterocycles. The fourth-order valence-corrected chi connectivity index (χ4v) is 1.63. The number of nitrogen functional groups attached to an aromatic ring is 1. The van der Waals surface area contributed by atoms with Crippen molar-refractivity contribution in [1.82, 2.24) is 0 Å². The minimum Gasteiger partial charge on any atom is -0.399 e. The molecule has 0 aliphatic heterocycles. The van der Waals surface area contributed by atoms with Gasteiger partial charge in [0.15, 0.2) is 0 Å². The monoisotopic (exact) mass is 246 g/mol. The summed E-state index contributed by atoms with van der Waals surface area (Å²) in [6.45, 7) is 0. The summed E-state index contributed by atoms with van der Waals surface area (Å²) in [5, 5.41) is 0. The summed E-state index contributed by atoms with van der Waals surface area (Å²) in [5.41, 5.74) is 7.30. The molecule has 0 unspecified atom stereocenters. The zero-order valence-corrected chi connectivity index (χ0v) is 9.76. The Balaban J connectivity index is 2.23. The Morgan fingerprint density at radius 3 is 2.18 bits per heavy atom. The van der Waals surface area contributed by atoms with Crippen LogP contribution in [0.25, 0.3) is 0 Å². The van der Waals surface area contributed by atoms with Crippen molar-refractivity contribution in [1.29, 1.82) is 0 Å². The van der Waals surface area contributed by atoms with Crippen molar-refractivity contribution in [2.24, 2.45) is 0 Å². The number of para-hydroxylation sites is 1. The summed E-state index contributed by atoms with van der Waals surface area (Å²) in [6.07, 6.45) is 0. The van der Waals surface area contributed by atoms with Crippen molar-refractivity contribution in [3.8, 4) is 0 Å². The molecule has 0 saturated carbocycles. The van der Waals surface area contributed by atoms with Gasteiger partial charge >= 0.3 is 0 Å². The molecule has 1 amide bonds. The van der Waals surface area contributed by atoms with Gasteiger partial charge < -0.3 is 5.73 Å². The summed E-state index contributed by atoms with van der Waals surface area (Å²) in [5.74, 6) is -0.280. The third-order valence-corrected chi connectivity index (χ3v) is 2.67. The molecule has 0 fully saturated rings. The number of rotatable bonds is 2. The van der Waals surface area contributed by atoms with Crippen molar-refractivity contribution >= 4 is 29.1 Å². The molecule has 0 aliphatic carbocycles. The van der Waals surface area contributed by atoms with Crippen LogP contribution in [0.5, 0.6) is 0 Å². The lowest BCUT2D eigenvalue weighted by atomic mass is 10.2. The van der Waals surface area contributed by atoms with Crippen LogP contribution in [0.4, 0.5) is 11.4 Å². The van der Waals surface area contributed by atoms with Crippen LogP contribution < -0.4 is 10.2 Å². The second kappa shape index (κ2) is 4.89. The molecule has 0 heterocycles. The Morgan fingerprint density at radius 2 is 1.59 bits per heavy atom. The lowest BCUT2D eigenvalue weighted by molar-refractivity contribution is 0.101. The van der Waals surface area contributed by atoms with E-state index < -0.39 is 0 Å². The first-order valence-corrected chi connectivity index (χ1v) is 5.43. The van der Waals surface area contributed by atoms with Gasteiger partial charge in [0.2, 0.25) is 0 Å². The van der Waals surface area contributed by atoms with E-state index in [-0.39, 0.29) is 5.91 Å². The molecule has 0 radical (unpaired) electrons. The maximum absolute atomic E-state index is 12.0. The molecule has 2 aromatic rings. The maximum atomic E-state index is 12.0. The minimum absolute atomic E-state index is 0.280. The molecule has 0 bridgehead atoms. The molecular formula is C13H11ClN2O. The van der Waals surface area contributed by atoms with E-state index >= 15 is 0 Å². The molecule has 86 valence electrons. The Bertz CT molecular complexity index is 511. The van der Waals surface area contributed by atoms with E-state index in [9.17, 15) is 4.79 Å². The lowest BCUT2D eigenvalue weighted by Crippen LogP contribution is -2.20. The fraction of sp³-hybridized carbons (Fsp3) is 0. The number of carbonyl (C=O) groups excluding carboxylic acids is 1. The highest BCUT2D eigenvalue weighted by Gasteiger charge is 2.14. The average molecular weight is 247 g/mol. The van der Waals surface area contributed by atoms with Crippen molar-refractivity contribution in [2.45, 2.75) is 0 Å². The van der Waals surface area contributed by atoms with Gasteiger partial charge in [-0.15, -0.1) is 0 Å². The van der Waals surface area contributed by atoms with Gasteiger partial charge in [-0.05, 0) is 36.4 Å². The SMILES string of the molecule is Nc1ccc(C(=O)N(Cl)c2ccccc2)cc1. The molecular weight excluding hydrogens is 236 g/mol. The summed E-state index contributed by atoms with van der Waals surface area (Å²) in [4.78, 5) is 12.0. The molecule has 0 spiro atoms. The summed E-state index contributed by atoms with van der Waals surface area (Å²) < 4.78 is 1.09. The molecule has 3 nitrogen and oxygen atoms in total.